The number of aryl methyl sites for hydroxylation is 1. The van der Waals surface area contributed by atoms with Gasteiger partial charge >= 0.3 is 0 Å². The van der Waals surface area contributed by atoms with Crippen molar-refractivity contribution in [3.8, 4) is 0 Å². The number of thiocarbonyl (C=S) groups is 1. The third-order valence-corrected chi connectivity index (χ3v) is 3.82. The molecule has 100 valence electrons. The van der Waals surface area contributed by atoms with E-state index in [-0.39, 0.29) is 11.9 Å². The molecule has 1 unspecified atom stereocenters. The SMILES string of the molecule is CCC(CC(N)=S)NC(=O)CCCc1cccs1. The van der Waals surface area contributed by atoms with Crippen molar-refractivity contribution in [1.82, 2.24) is 5.32 Å². The van der Waals surface area contributed by atoms with Crippen molar-refractivity contribution in [3.63, 3.8) is 0 Å². The lowest BCUT2D eigenvalue weighted by molar-refractivity contribution is -0.121. The monoisotopic (exact) mass is 284 g/mol. The Kier molecular flexibility index (Phi) is 6.90. The highest BCUT2D eigenvalue weighted by Crippen LogP contribution is 2.12. The van der Waals surface area contributed by atoms with Crippen LogP contribution in [0.4, 0.5) is 0 Å². The molecule has 1 amide bonds. The molecule has 1 rings (SSSR count). The molecule has 0 aliphatic rings. The second-order valence-corrected chi connectivity index (χ2v) is 5.83. The summed E-state index contributed by atoms with van der Waals surface area (Å²) < 4.78 is 0. The Morgan fingerprint density at radius 2 is 2.39 bits per heavy atom. The fourth-order valence-corrected chi connectivity index (χ4v) is 2.67. The van der Waals surface area contributed by atoms with Crippen molar-refractivity contribution >= 4 is 34.5 Å². The Morgan fingerprint density at radius 1 is 1.61 bits per heavy atom. The molecule has 0 saturated carbocycles. The minimum Gasteiger partial charge on any atom is -0.393 e. The number of carbonyl (C=O) groups excluding carboxylic acids is 1. The quantitative estimate of drug-likeness (QED) is 0.722. The highest BCUT2D eigenvalue weighted by molar-refractivity contribution is 7.80. The zero-order valence-electron chi connectivity index (χ0n) is 10.6. The van der Waals surface area contributed by atoms with Gasteiger partial charge in [-0.15, -0.1) is 11.3 Å². The van der Waals surface area contributed by atoms with Gasteiger partial charge in [0.05, 0.1) is 4.99 Å². The second-order valence-electron chi connectivity index (χ2n) is 4.28. The van der Waals surface area contributed by atoms with Gasteiger partial charge in [0.25, 0.3) is 0 Å². The Morgan fingerprint density at radius 3 is 2.94 bits per heavy atom. The van der Waals surface area contributed by atoms with Gasteiger partial charge in [-0.1, -0.05) is 25.2 Å². The van der Waals surface area contributed by atoms with Crippen LogP contribution in [0.3, 0.4) is 0 Å². The molecule has 1 heterocycles. The summed E-state index contributed by atoms with van der Waals surface area (Å²) in [4.78, 5) is 13.5. The summed E-state index contributed by atoms with van der Waals surface area (Å²) in [6.07, 6.45) is 3.86. The van der Waals surface area contributed by atoms with E-state index in [9.17, 15) is 4.79 Å². The summed E-state index contributed by atoms with van der Waals surface area (Å²) in [5.74, 6) is 0.0923. The molecule has 0 aliphatic heterocycles. The van der Waals surface area contributed by atoms with E-state index in [1.54, 1.807) is 11.3 Å². The van der Waals surface area contributed by atoms with E-state index < -0.39 is 0 Å². The van der Waals surface area contributed by atoms with E-state index in [0.717, 1.165) is 19.3 Å². The third kappa shape index (κ3) is 6.12. The maximum absolute atomic E-state index is 11.7. The second kappa shape index (κ2) is 8.21. The van der Waals surface area contributed by atoms with Crippen LogP contribution in [0.5, 0.6) is 0 Å². The molecule has 0 bridgehead atoms. The van der Waals surface area contributed by atoms with E-state index in [1.807, 2.05) is 13.0 Å². The average molecular weight is 284 g/mol. The number of amides is 1. The van der Waals surface area contributed by atoms with Crippen LogP contribution in [-0.4, -0.2) is 16.9 Å². The standard InChI is InChI=1S/C13H20N2OS2/c1-2-10(9-12(14)17)15-13(16)7-3-5-11-6-4-8-18-11/h4,6,8,10H,2-3,5,7,9H2,1H3,(H2,14,17)(H,15,16). The summed E-state index contributed by atoms with van der Waals surface area (Å²) in [5.41, 5.74) is 5.49. The number of rotatable bonds is 8. The average Bonchev–Trinajstić information content (AvgIpc) is 2.80. The summed E-state index contributed by atoms with van der Waals surface area (Å²) in [6.45, 7) is 2.02. The van der Waals surface area contributed by atoms with Gasteiger partial charge < -0.3 is 11.1 Å². The maximum atomic E-state index is 11.7. The smallest absolute Gasteiger partial charge is 0.220 e. The van der Waals surface area contributed by atoms with Crippen LogP contribution in [0.25, 0.3) is 0 Å². The number of thiophene rings is 1. The van der Waals surface area contributed by atoms with Gasteiger partial charge in [0, 0.05) is 23.8 Å². The minimum atomic E-state index is 0.0803. The molecule has 0 aromatic carbocycles. The molecule has 1 atom stereocenters. The molecule has 0 saturated heterocycles. The first-order valence-electron chi connectivity index (χ1n) is 6.22. The number of nitrogens with two attached hydrogens (primary N) is 1. The molecule has 1 aromatic heterocycles. The summed E-state index contributed by atoms with van der Waals surface area (Å²) in [6, 6.07) is 4.22. The van der Waals surface area contributed by atoms with Crippen LogP contribution < -0.4 is 11.1 Å². The molecule has 0 radical (unpaired) electrons. The molecule has 18 heavy (non-hydrogen) atoms. The number of carbonyl (C=O) groups is 1. The molecular weight excluding hydrogens is 264 g/mol. The largest absolute Gasteiger partial charge is 0.393 e. The van der Waals surface area contributed by atoms with Crippen LogP contribution in [0.2, 0.25) is 0 Å². The molecule has 1 aromatic rings. The van der Waals surface area contributed by atoms with Gasteiger partial charge in [-0.2, -0.15) is 0 Å². The van der Waals surface area contributed by atoms with Crippen LogP contribution in [0.1, 0.15) is 37.5 Å². The van der Waals surface area contributed by atoms with E-state index in [0.29, 0.717) is 17.8 Å². The Bertz CT molecular complexity index is 376. The molecular formula is C13H20N2OS2. The maximum Gasteiger partial charge on any atom is 0.220 e. The highest BCUT2D eigenvalue weighted by Gasteiger charge is 2.11. The zero-order valence-corrected chi connectivity index (χ0v) is 12.3. The molecule has 0 fully saturated rings. The van der Waals surface area contributed by atoms with Crippen LogP contribution in [0, 0.1) is 0 Å². The van der Waals surface area contributed by atoms with Crippen molar-refractivity contribution in [2.75, 3.05) is 0 Å². The summed E-state index contributed by atoms with van der Waals surface area (Å²) >= 11 is 6.60. The van der Waals surface area contributed by atoms with Gasteiger partial charge in [-0.3, -0.25) is 4.79 Å². The minimum absolute atomic E-state index is 0.0803. The van der Waals surface area contributed by atoms with E-state index in [2.05, 4.69) is 16.8 Å². The first-order chi connectivity index (χ1) is 8.61. The first kappa shape index (κ1) is 15.1. The van der Waals surface area contributed by atoms with E-state index in [4.69, 9.17) is 18.0 Å². The summed E-state index contributed by atoms with van der Waals surface area (Å²) in [7, 11) is 0. The van der Waals surface area contributed by atoms with Gasteiger partial charge in [-0.05, 0) is 30.7 Å². The van der Waals surface area contributed by atoms with Crippen LogP contribution in [0.15, 0.2) is 17.5 Å². The highest BCUT2D eigenvalue weighted by atomic mass is 32.1. The van der Waals surface area contributed by atoms with Crippen molar-refractivity contribution in [2.45, 2.75) is 45.1 Å². The first-order valence-corrected chi connectivity index (χ1v) is 7.50. The normalized spacial score (nSPS) is 12.1. The zero-order chi connectivity index (χ0) is 13.4. The van der Waals surface area contributed by atoms with Gasteiger partial charge in [0.1, 0.15) is 0 Å². The predicted molar refractivity (Wildman–Crippen MR) is 80.9 cm³/mol. The van der Waals surface area contributed by atoms with Crippen molar-refractivity contribution in [3.05, 3.63) is 22.4 Å². The Labute approximate surface area is 118 Å². The Hall–Kier alpha value is -0.940. The lowest BCUT2D eigenvalue weighted by atomic mass is 10.1. The molecule has 3 nitrogen and oxygen atoms in total. The lowest BCUT2D eigenvalue weighted by Crippen LogP contribution is -2.36. The molecule has 0 aliphatic carbocycles. The fourth-order valence-electron chi connectivity index (χ4n) is 1.72. The molecule has 5 heteroatoms. The topological polar surface area (TPSA) is 55.1 Å². The van der Waals surface area contributed by atoms with Crippen molar-refractivity contribution in [1.29, 1.82) is 0 Å². The van der Waals surface area contributed by atoms with Crippen LogP contribution >= 0.6 is 23.6 Å². The number of nitrogens with one attached hydrogen (secondary N) is 1. The van der Waals surface area contributed by atoms with Crippen molar-refractivity contribution < 1.29 is 4.79 Å². The third-order valence-electron chi connectivity index (χ3n) is 2.71. The summed E-state index contributed by atoms with van der Waals surface area (Å²) in [5, 5.41) is 5.04. The number of hydrogen-bond donors (Lipinski definition) is 2. The van der Waals surface area contributed by atoms with Crippen molar-refractivity contribution in [2.24, 2.45) is 5.73 Å². The Balaban J connectivity index is 2.21. The predicted octanol–water partition coefficient (Wildman–Crippen LogP) is 2.64. The fraction of sp³-hybridized carbons (Fsp3) is 0.538. The molecule has 3 N–H and O–H groups in total. The van der Waals surface area contributed by atoms with E-state index in [1.165, 1.54) is 4.88 Å². The van der Waals surface area contributed by atoms with Gasteiger partial charge in [-0.25, -0.2) is 0 Å². The lowest BCUT2D eigenvalue weighted by Gasteiger charge is -2.16. The number of hydrogen-bond acceptors (Lipinski definition) is 3. The van der Waals surface area contributed by atoms with Gasteiger partial charge in [0.2, 0.25) is 5.91 Å². The molecule has 0 spiro atoms. The van der Waals surface area contributed by atoms with E-state index >= 15 is 0 Å². The van der Waals surface area contributed by atoms with Gasteiger partial charge in [0.15, 0.2) is 0 Å². The van der Waals surface area contributed by atoms with Crippen LogP contribution in [-0.2, 0) is 11.2 Å².